The molecule has 7 nitrogen and oxygen atoms in total. The van der Waals surface area contributed by atoms with Crippen molar-refractivity contribution in [1.82, 2.24) is 9.88 Å². The number of aryl methyl sites for hydroxylation is 1. The molecule has 1 amide bonds. The molecule has 3 heterocycles. The zero-order valence-corrected chi connectivity index (χ0v) is 16.2. The van der Waals surface area contributed by atoms with E-state index >= 15 is 0 Å². The van der Waals surface area contributed by atoms with Crippen LogP contribution in [-0.4, -0.2) is 40.7 Å². The molecule has 28 heavy (non-hydrogen) atoms. The van der Waals surface area contributed by atoms with Gasteiger partial charge < -0.3 is 18.5 Å². The van der Waals surface area contributed by atoms with Crippen molar-refractivity contribution in [2.45, 2.75) is 31.1 Å². The van der Waals surface area contributed by atoms with Gasteiger partial charge in [0.15, 0.2) is 5.58 Å². The molecule has 4 rings (SSSR count). The number of para-hydroxylation sites is 2. The number of ether oxygens (including phenoxy) is 1. The summed E-state index contributed by atoms with van der Waals surface area (Å²) in [6.07, 6.45) is 1.42. The van der Waals surface area contributed by atoms with E-state index in [0.717, 1.165) is 23.9 Å². The number of rotatable bonds is 5. The molecule has 3 aromatic rings. The molecule has 1 aliphatic heterocycles. The molecule has 0 atom stereocenters. The van der Waals surface area contributed by atoms with Gasteiger partial charge in [0.25, 0.3) is 5.22 Å². The number of nitrogens with zero attached hydrogens (tertiary/aromatic N) is 2. The third-order valence-corrected chi connectivity index (χ3v) is 5.37. The third kappa shape index (κ3) is 4.39. The van der Waals surface area contributed by atoms with Gasteiger partial charge in [-0.15, -0.1) is 0 Å². The highest BCUT2D eigenvalue weighted by atomic mass is 32.2. The molecule has 0 bridgehead atoms. The summed E-state index contributed by atoms with van der Waals surface area (Å²) in [5, 5.41) is 0.506. The molecule has 1 saturated heterocycles. The minimum atomic E-state index is -0.418. The van der Waals surface area contributed by atoms with Gasteiger partial charge in [-0.2, -0.15) is 0 Å². The van der Waals surface area contributed by atoms with Gasteiger partial charge >= 0.3 is 5.63 Å². The number of likely N-dealkylation sites (tertiary alicyclic amines) is 1. The number of amides is 1. The number of thioether (sulfide) groups is 1. The van der Waals surface area contributed by atoms with Gasteiger partial charge in [-0.3, -0.25) is 4.79 Å². The first-order valence-electron chi connectivity index (χ1n) is 9.11. The van der Waals surface area contributed by atoms with Crippen molar-refractivity contribution in [3.05, 3.63) is 52.6 Å². The number of benzene rings is 1. The Morgan fingerprint density at radius 3 is 2.79 bits per heavy atom. The molecule has 1 fully saturated rings. The van der Waals surface area contributed by atoms with Crippen molar-refractivity contribution in [2.75, 3.05) is 18.8 Å². The monoisotopic (exact) mass is 400 g/mol. The Morgan fingerprint density at radius 1 is 1.25 bits per heavy atom. The summed E-state index contributed by atoms with van der Waals surface area (Å²) >= 11 is 1.31. The Hall–Kier alpha value is -2.74. The molecule has 0 unspecified atom stereocenters. The summed E-state index contributed by atoms with van der Waals surface area (Å²) in [4.78, 5) is 30.1. The summed E-state index contributed by atoms with van der Waals surface area (Å²) in [7, 11) is 0. The van der Waals surface area contributed by atoms with Crippen LogP contribution in [-0.2, 0) is 4.79 Å². The Morgan fingerprint density at radius 2 is 2.04 bits per heavy atom. The first-order chi connectivity index (χ1) is 13.6. The Kier molecular flexibility index (Phi) is 5.38. The van der Waals surface area contributed by atoms with Gasteiger partial charge in [-0.25, -0.2) is 9.78 Å². The molecular weight excluding hydrogens is 380 g/mol. The smallest absolute Gasteiger partial charge is 0.339 e. The highest BCUT2D eigenvalue weighted by molar-refractivity contribution is 7.99. The molecule has 1 aliphatic rings. The van der Waals surface area contributed by atoms with Crippen molar-refractivity contribution < 1.29 is 18.4 Å². The molecule has 2 aromatic heterocycles. The minimum Gasteiger partial charge on any atom is -0.490 e. The maximum Gasteiger partial charge on any atom is 0.339 e. The molecule has 0 spiro atoms. The van der Waals surface area contributed by atoms with Crippen LogP contribution in [0.4, 0.5) is 0 Å². The van der Waals surface area contributed by atoms with Crippen molar-refractivity contribution in [3.8, 4) is 5.75 Å². The molecular formula is C20H20N2O5S. The van der Waals surface area contributed by atoms with E-state index in [0.29, 0.717) is 29.8 Å². The van der Waals surface area contributed by atoms with Gasteiger partial charge in [0.1, 0.15) is 23.1 Å². The number of carbonyl (C=O) groups is 1. The number of oxazole rings is 1. The van der Waals surface area contributed by atoms with Crippen molar-refractivity contribution in [2.24, 2.45) is 0 Å². The van der Waals surface area contributed by atoms with E-state index in [1.165, 1.54) is 17.8 Å². The SMILES string of the molecule is Cc1cc(OC2CCN(C(=O)CSc3nc4ccccc4o3)CC2)cc(=O)o1. The predicted molar refractivity (Wildman–Crippen MR) is 105 cm³/mol. The number of piperidine rings is 1. The number of aromatic nitrogens is 1. The van der Waals surface area contributed by atoms with E-state index in [1.54, 1.807) is 13.0 Å². The second-order valence-electron chi connectivity index (χ2n) is 6.66. The Bertz CT molecular complexity index is 1000. The first kappa shape index (κ1) is 18.6. The van der Waals surface area contributed by atoms with Crippen LogP contribution in [0, 0.1) is 6.92 Å². The quantitative estimate of drug-likeness (QED) is 0.608. The van der Waals surface area contributed by atoms with E-state index in [2.05, 4.69) is 4.98 Å². The van der Waals surface area contributed by atoms with Crippen molar-refractivity contribution in [3.63, 3.8) is 0 Å². The van der Waals surface area contributed by atoms with Gasteiger partial charge in [-0.05, 0) is 19.1 Å². The van der Waals surface area contributed by atoms with E-state index < -0.39 is 5.63 Å². The normalized spacial score (nSPS) is 15.1. The van der Waals surface area contributed by atoms with Gasteiger partial charge in [0.05, 0.1) is 11.8 Å². The second-order valence-corrected chi connectivity index (χ2v) is 7.58. The van der Waals surface area contributed by atoms with Gasteiger partial charge in [0.2, 0.25) is 5.91 Å². The number of carbonyl (C=O) groups excluding carboxylic acids is 1. The van der Waals surface area contributed by atoms with E-state index in [-0.39, 0.29) is 17.8 Å². The van der Waals surface area contributed by atoms with Gasteiger partial charge in [0, 0.05) is 32.0 Å². The van der Waals surface area contributed by atoms with Crippen LogP contribution in [0.3, 0.4) is 0 Å². The highest BCUT2D eigenvalue weighted by Crippen LogP contribution is 2.24. The lowest BCUT2D eigenvalue weighted by Crippen LogP contribution is -2.42. The Labute approximate surface area is 165 Å². The largest absolute Gasteiger partial charge is 0.490 e. The van der Waals surface area contributed by atoms with Crippen LogP contribution < -0.4 is 10.4 Å². The van der Waals surface area contributed by atoms with Crippen LogP contribution in [0.25, 0.3) is 11.1 Å². The minimum absolute atomic E-state index is 0.0186. The first-order valence-corrected chi connectivity index (χ1v) is 10.1. The van der Waals surface area contributed by atoms with Crippen LogP contribution in [0.15, 0.2) is 55.2 Å². The van der Waals surface area contributed by atoms with Crippen LogP contribution in [0.2, 0.25) is 0 Å². The fraction of sp³-hybridized carbons (Fsp3) is 0.350. The maximum atomic E-state index is 12.5. The second kappa shape index (κ2) is 8.10. The lowest BCUT2D eigenvalue weighted by atomic mass is 10.1. The molecule has 0 aliphatic carbocycles. The lowest BCUT2D eigenvalue weighted by molar-refractivity contribution is -0.130. The average Bonchev–Trinajstić information content (AvgIpc) is 3.09. The number of hydrogen-bond donors (Lipinski definition) is 0. The molecule has 1 aromatic carbocycles. The molecule has 146 valence electrons. The zero-order valence-electron chi connectivity index (χ0n) is 15.4. The molecule has 0 saturated carbocycles. The summed E-state index contributed by atoms with van der Waals surface area (Å²) in [5.74, 6) is 1.38. The Balaban J connectivity index is 1.27. The molecule has 0 N–H and O–H groups in total. The van der Waals surface area contributed by atoms with E-state index in [9.17, 15) is 9.59 Å². The number of fused-ring (bicyclic) bond motifs is 1. The fourth-order valence-corrected chi connectivity index (χ4v) is 3.93. The summed E-state index contributed by atoms with van der Waals surface area (Å²) < 4.78 is 16.5. The van der Waals surface area contributed by atoms with Gasteiger partial charge in [-0.1, -0.05) is 23.9 Å². The highest BCUT2D eigenvalue weighted by Gasteiger charge is 2.24. The van der Waals surface area contributed by atoms with Crippen LogP contribution >= 0.6 is 11.8 Å². The summed E-state index contributed by atoms with van der Waals surface area (Å²) in [5.41, 5.74) is 1.10. The van der Waals surface area contributed by atoms with E-state index in [4.69, 9.17) is 13.6 Å². The predicted octanol–water partition coefficient (Wildman–Crippen LogP) is 3.25. The van der Waals surface area contributed by atoms with E-state index in [1.807, 2.05) is 29.2 Å². The standard InChI is InChI=1S/C20H20N2O5S/c1-13-10-15(11-19(24)25-13)26-14-6-8-22(9-7-14)18(23)12-28-20-21-16-4-2-3-5-17(16)27-20/h2-5,10-11,14H,6-9,12H2,1H3. The van der Waals surface area contributed by atoms with Crippen molar-refractivity contribution in [1.29, 1.82) is 0 Å². The lowest BCUT2D eigenvalue weighted by Gasteiger charge is -2.32. The van der Waals surface area contributed by atoms with Crippen LogP contribution in [0.1, 0.15) is 18.6 Å². The zero-order chi connectivity index (χ0) is 19.5. The summed E-state index contributed by atoms with van der Waals surface area (Å²) in [6.45, 7) is 2.96. The molecule has 8 heteroatoms. The average molecular weight is 400 g/mol. The third-order valence-electron chi connectivity index (χ3n) is 4.56. The maximum absolute atomic E-state index is 12.5. The molecule has 0 radical (unpaired) electrons. The van der Waals surface area contributed by atoms with Crippen molar-refractivity contribution >= 4 is 28.8 Å². The topological polar surface area (TPSA) is 85.8 Å². The fourth-order valence-electron chi connectivity index (χ4n) is 3.19. The summed E-state index contributed by atoms with van der Waals surface area (Å²) in [6, 6.07) is 10.6. The van der Waals surface area contributed by atoms with Crippen LogP contribution in [0.5, 0.6) is 5.75 Å². The number of hydrogen-bond acceptors (Lipinski definition) is 7.